The van der Waals surface area contributed by atoms with Crippen molar-refractivity contribution in [3.8, 4) is 0 Å². The molecule has 0 bridgehead atoms. The fraction of sp³-hybridized carbons (Fsp3) is 0.467. The van der Waals surface area contributed by atoms with Crippen LogP contribution in [0.1, 0.15) is 17.3 Å². The molecule has 1 aromatic heterocycles. The quantitative estimate of drug-likeness (QED) is 0.884. The summed E-state index contributed by atoms with van der Waals surface area (Å²) in [5.41, 5.74) is 9.83. The van der Waals surface area contributed by atoms with Crippen LogP contribution in [0, 0.1) is 6.92 Å². The topological polar surface area (TPSA) is 54.3 Å². The van der Waals surface area contributed by atoms with E-state index in [1.165, 1.54) is 22.2 Å². The number of nitrogens with one attached hydrogen (secondary N) is 1. The van der Waals surface area contributed by atoms with Crippen LogP contribution in [0.4, 0.5) is 0 Å². The zero-order valence-corrected chi connectivity index (χ0v) is 11.4. The average Bonchev–Trinajstić information content (AvgIpc) is 2.78. The molecule has 2 heterocycles. The van der Waals surface area contributed by atoms with Gasteiger partial charge in [-0.3, -0.25) is 4.90 Å². The largest absolute Gasteiger partial charge is 0.379 e. The van der Waals surface area contributed by atoms with Crippen LogP contribution in [-0.2, 0) is 4.74 Å². The number of H-pyrrole nitrogens is 1. The number of aromatic amines is 1. The van der Waals surface area contributed by atoms with E-state index >= 15 is 0 Å². The van der Waals surface area contributed by atoms with Crippen LogP contribution >= 0.6 is 0 Å². The van der Waals surface area contributed by atoms with Gasteiger partial charge < -0.3 is 15.5 Å². The highest BCUT2D eigenvalue weighted by Gasteiger charge is 2.25. The first-order chi connectivity index (χ1) is 9.31. The molecule has 0 radical (unpaired) electrons. The van der Waals surface area contributed by atoms with Crippen molar-refractivity contribution in [1.29, 1.82) is 0 Å². The molecule has 4 nitrogen and oxygen atoms in total. The Morgan fingerprint density at radius 1 is 1.32 bits per heavy atom. The zero-order valence-electron chi connectivity index (χ0n) is 11.4. The lowest BCUT2D eigenvalue weighted by atomic mass is 10.0. The van der Waals surface area contributed by atoms with Gasteiger partial charge in [-0.1, -0.05) is 18.2 Å². The van der Waals surface area contributed by atoms with E-state index in [4.69, 9.17) is 10.5 Å². The molecule has 1 saturated heterocycles. The van der Waals surface area contributed by atoms with Crippen LogP contribution in [0.25, 0.3) is 10.9 Å². The third-order valence-electron chi connectivity index (χ3n) is 3.99. The van der Waals surface area contributed by atoms with Crippen LogP contribution < -0.4 is 5.73 Å². The van der Waals surface area contributed by atoms with Crippen LogP contribution in [0.3, 0.4) is 0 Å². The van der Waals surface area contributed by atoms with E-state index in [0.29, 0.717) is 6.54 Å². The van der Waals surface area contributed by atoms with Crippen LogP contribution in [0.5, 0.6) is 0 Å². The Hall–Kier alpha value is -1.36. The van der Waals surface area contributed by atoms with Gasteiger partial charge in [-0.2, -0.15) is 0 Å². The predicted molar refractivity (Wildman–Crippen MR) is 77.2 cm³/mol. The summed E-state index contributed by atoms with van der Waals surface area (Å²) in [5.74, 6) is 0. The molecule has 1 atom stereocenters. The molecule has 0 spiro atoms. The molecular weight excluding hydrogens is 238 g/mol. The molecule has 1 aromatic carbocycles. The third-order valence-corrected chi connectivity index (χ3v) is 3.99. The summed E-state index contributed by atoms with van der Waals surface area (Å²) < 4.78 is 5.44. The smallest absolute Gasteiger partial charge is 0.0594 e. The van der Waals surface area contributed by atoms with E-state index < -0.39 is 0 Å². The maximum atomic E-state index is 6.06. The summed E-state index contributed by atoms with van der Waals surface area (Å²) in [6.07, 6.45) is 0. The Morgan fingerprint density at radius 2 is 2.05 bits per heavy atom. The molecule has 1 unspecified atom stereocenters. The number of aryl methyl sites for hydroxylation is 1. The van der Waals surface area contributed by atoms with E-state index in [1.54, 1.807) is 0 Å². The highest BCUT2D eigenvalue weighted by molar-refractivity contribution is 5.85. The van der Waals surface area contributed by atoms with Crippen LogP contribution in [0.15, 0.2) is 24.3 Å². The van der Waals surface area contributed by atoms with Crippen molar-refractivity contribution in [1.82, 2.24) is 9.88 Å². The third kappa shape index (κ3) is 2.27. The van der Waals surface area contributed by atoms with Crippen molar-refractivity contribution in [3.63, 3.8) is 0 Å². The van der Waals surface area contributed by atoms with E-state index in [9.17, 15) is 0 Å². The molecule has 4 heteroatoms. The minimum atomic E-state index is 0.278. The van der Waals surface area contributed by atoms with Gasteiger partial charge in [0.15, 0.2) is 0 Å². The second kappa shape index (κ2) is 5.33. The second-order valence-corrected chi connectivity index (χ2v) is 5.11. The van der Waals surface area contributed by atoms with E-state index in [0.717, 1.165) is 26.3 Å². The van der Waals surface area contributed by atoms with Crippen LogP contribution in [-0.4, -0.2) is 42.7 Å². The monoisotopic (exact) mass is 259 g/mol. The van der Waals surface area contributed by atoms with Crippen LogP contribution in [0.2, 0.25) is 0 Å². The van der Waals surface area contributed by atoms with Gasteiger partial charge in [0.2, 0.25) is 0 Å². The molecule has 3 rings (SSSR count). The SMILES string of the molecule is Cc1[nH]c2ccccc2c1C(CN)N1CCOCC1. The van der Waals surface area contributed by atoms with Gasteiger partial charge in [-0.15, -0.1) is 0 Å². The van der Waals surface area contributed by atoms with E-state index in [2.05, 4.69) is 41.1 Å². The fourth-order valence-electron chi connectivity index (χ4n) is 3.07. The van der Waals surface area contributed by atoms with Crippen molar-refractivity contribution < 1.29 is 4.74 Å². The fourth-order valence-corrected chi connectivity index (χ4v) is 3.07. The predicted octanol–water partition coefficient (Wildman–Crippen LogP) is 1.81. The van der Waals surface area contributed by atoms with Gasteiger partial charge in [-0.05, 0) is 18.6 Å². The molecule has 3 N–H and O–H groups in total. The van der Waals surface area contributed by atoms with Crippen molar-refractivity contribution >= 4 is 10.9 Å². The number of hydrogen-bond donors (Lipinski definition) is 2. The normalized spacial score (nSPS) is 18.8. The van der Waals surface area contributed by atoms with Crippen molar-refractivity contribution in [2.24, 2.45) is 5.73 Å². The van der Waals surface area contributed by atoms with Gasteiger partial charge in [0.05, 0.1) is 13.2 Å². The standard InChI is InChI=1S/C15H21N3O/c1-11-15(12-4-2-3-5-13(12)17-11)14(10-16)18-6-8-19-9-7-18/h2-5,14,17H,6-10,16H2,1H3. The number of ether oxygens (including phenoxy) is 1. The molecule has 0 amide bonds. The van der Waals surface area contributed by atoms with Crippen molar-refractivity contribution in [2.75, 3.05) is 32.8 Å². The molecule has 1 aliphatic heterocycles. The Labute approximate surface area is 113 Å². The molecule has 0 aliphatic carbocycles. The zero-order chi connectivity index (χ0) is 13.2. The van der Waals surface area contributed by atoms with E-state index in [1.807, 2.05) is 0 Å². The number of fused-ring (bicyclic) bond motifs is 1. The number of morpholine rings is 1. The summed E-state index contributed by atoms with van der Waals surface area (Å²) >= 11 is 0. The lowest BCUT2D eigenvalue weighted by Crippen LogP contribution is -2.42. The molecule has 1 aliphatic rings. The van der Waals surface area contributed by atoms with Gasteiger partial charge in [0.1, 0.15) is 0 Å². The number of para-hydroxylation sites is 1. The van der Waals surface area contributed by atoms with Crippen molar-refractivity contribution in [2.45, 2.75) is 13.0 Å². The first-order valence-electron chi connectivity index (χ1n) is 6.90. The number of nitrogens with two attached hydrogens (primary N) is 1. The van der Waals surface area contributed by atoms with Gasteiger partial charge >= 0.3 is 0 Å². The molecule has 0 saturated carbocycles. The lowest BCUT2D eigenvalue weighted by molar-refractivity contribution is 0.0180. The molecule has 2 aromatic rings. The average molecular weight is 259 g/mol. The summed E-state index contributed by atoms with van der Waals surface area (Å²) in [7, 11) is 0. The van der Waals surface area contributed by atoms with Crippen molar-refractivity contribution in [3.05, 3.63) is 35.5 Å². The number of hydrogen-bond acceptors (Lipinski definition) is 3. The van der Waals surface area contributed by atoms with Gasteiger partial charge in [0.25, 0.3) is 0 Å². The Bertz CT molecular complexity index is 558. The Morgan fingerprint density at radius 3 is 2.79 bits per heavy atom. The Balaban J connectivity index is 2.02. The molecule has 102 valence electrons. The van der Waals surface area contributed by atoms with Gasteiger partial charge in [-0.25, -0.2) is 0 Å². The first-order valence-corrected chi connectivity index (χ1v) is 6.90. The minimum Gasteiger partial charge on any atom is -0.379 e. The molecular formula is C15H21N3O. The number of rotatable bonds is 3. The van der Waals surface area contributed by atoms with E-state index in [-0.39, 0.29) is 6.04 Å². The molecule has 19 heavy (non-hydrogen) atoms. The summed E-state index contributed by atoms with van der Waals surface area (Å²) in [6.45, 7) is 6.30. The highest BCUT2D eigenvalue weighted by Crippen LogP contribution is 2.31. The summed E-state index contributed by atoms with van der Waals surface area (Å²) in [5, 5.41) is 1.29. The number of aromatic nitrogens is 1. The van der Waals surface area contributed by atoms with Gasteiger partial charge in [0, 0.05) is 42.3 Å². The number of nitrogens with zero attached hydrogens (tertiary/aromatic N) is 1. The lowest BCUT2D eigenvalue weighted by Gasteiger charge is -2.34. The summed E-state index contributed by atoms with van der Waals surface area (Å²) in [4.78, 5) is 5.90. The maximum Gasteiger partial charge on any atom is 0.0594 e. The Kier molecular flexibility index (Phi) is 3.55. The summed E-state index contributed by atoms with van der Waals surface area (Å²) in [6, 6.07) is 8.73. The molecule has 1 fully saturated rings. The maximum absolute atomic E-state index is 6.06. The number of benzene rings is 1. The second-order valence-electron chi connectivity index (χ2n) is 5.11. The first kappa shape index (κ1) is 12.7. The minimum absolute atomic E-state index is 0.278. The highest BCUT2D eigenvalue weighted by atomic mass is 16.5.